The molecule has 174 valence electrons. The molecule has 1 aliphatic heterocycles. The summed E-state index contributed by atoms with van der Waals surface area (Å²) < 4.78 is 16.2. The number of fused-ring (bicyclic) bond motifs is 1. The van der Waals surface area contributed by atoms with Crippen LogP contribution in [-0.2, 0) is 0 Å². The number of halogens is 1. The molecule has 0 aliphatic carbocycles. The number of methoxy groups -OCH3 is 3. The molecule has 4 rings (SSSR count). The molecule has 1 aromatic heterocycles. The number of amides is 1. The van der Waals surface area contributed by atoms with Gasteiger partial charge in [-0.15, -0.1) is 0 Å². The molecule has 0 bridgehead atoms. The maximum atomic E-state index is 13.3. The van der Waals surface area contributed by atoms with Gasteiger partial charge in [-0.25, -0.2) is 4.98 Å². The maximum Gasteiger partial charge on any atom is 0.272 e. The summed E-state index contributed by atoms with van der Waals surface area (Å²) in [6, 6.07) is 10.9. The third-order valence-electron chi connectivity index (χ3n) is 6.03. The summed E-state index contributed by atoms with van der Waals surface area (Å²) >= 11 is 6.32. The normalized spacial score (nSPS) is 14.3. The van der Waals surface area contributed by atoms with Crippen molar-refractivity contribution in [2.75, 3.05) is 39.7 Å². The van der Waals surface area contributed by atoms with Crippen LogP contribution in [0, 0.1) is 5.92 Å². The number of benzene rings is 2. The van der Waals surface area contributed by atoms with Crippen LogP contribution in [0.2, 0.25) is 5.02 Å². The highest BCUT2D eigenvalue weighted by Crippen LogP contribution is 2.37. The van der Waals surface area contributed by atoms with Gasteiger partial charge in [-0.2, -0.15) is 0 Å². The van der Waals surface area contributed by atoms with Crippen molar-refractivity contribution >= 4 is 39.8 Å². The Balaban J connectivity index is 1.79. The van der Waals surface area contributed by atoms with E-state index in [1.807, 2.05) is 17.0 Å². The average Bonchev–Trinajstić information content (AvgIpc) is 2.83. The standard InChI is InChI=1S/C25H28ClN3O4/c1-15-7-9-29(10-8-15)25(30)21-13-19(27-16-5-6-22(31-2)18(26)11-16)17-12-23(32-3)24(33-4)14-20(17)28-21/h5-6,11-15H,7-10H2,1-4H3,(H,27,28). The molecule has 1 N–H and O–H groups in total. The predicted octanol–water partition coefficient (Wildman–Crippen LogP) is 5.53. The Bertz CT molecular complexity index is 1180. The number of rotatable bonds is 6. The van der Waals surface area contributed by atoms with Gasteiger partial charge in [-0.3, -0.25) is 4.79 Å². The second-order valence-electron chi connectivity index (χ2n) is 8.23. The van der Waals surface area contributed by atoms with Gasteiger partial charge in [0.1, 0.15) is 11.4 Å². The summed E-state index contributed by atoms with van der Waals surface area (Å²) in [6.07, 6.45) is 2.00. The molecule has 1 amide bonds. The van der Waals surface area contributed by atoms with Crippen molar-refractivity contribution in [3.8, 4) is 17.2 Å². The second-order valence-corrected chi connectivity index (χ2v) is 8.64. The minimum Gasteiger partial charge on any atom is -0.495 e. The highest BCUT2D eigenvalue weighted by atomic mass is 35.5. The summed E-state index contributed by atoms with van der Waals surface area (Å²) in [5, 5.41) is 4.67. The summed E-state index contributed by atoms with van der Waals surface area (Å²) in [7, 11) is 4.73. The lowest BCUT2D eigenvalue weighted by atomic mass is 9.99. The van der Waals surface area contributed by atoms with Crippen molar-refractivity contribution in [3.63, 3.8) is 0 Å². The van der Waals surface area contributed by atoms with E-state index in [2.05, 4.69) is 17.2 Å². The molecule has 2 aromatic carbocycles. The number of pyridine rings is 1. The number of carbonyl (C=O) groups excluding carboxylic acids is 1. The van der Waals surface area contributed by atoms with Crippen molar-refractivity contribution in [1.29, 1.82) is 0 Å². The summed E-state index contributed by atoms with van der Waals surface area (Å²) in [6.45, 7) is 3.70. The molecule has 0 unspecified atom stereocenters. The summed E-state index contributed by atoms with van der Waals surface area (Å²) in [5.74, 6) is 2.27. The van der Waals surface area contributed by atoms with Crippen molar-refractivity contribution in [2.24, 2.45) is 5.92 Å². The lowest BCUT2D eigenvalue weighted by Crippen LogP contribution is -2.38. The van der Waals surface area contributed by atoms with E-state index in [0.717, 1.165) is 42.7 Å². The molecule has 1 aliphatic rings. The minimum absolute atomic E-state index is 0.0746. The largest absolute Gasteiger partial charge is 0.495 e. The second kappa shape index (κ2) is 9.75. The zero-order valence-corrected chi connectivity index (χ0v) is 20.0. The van der Waals surface area contributed by atoms with E-state index >= 15 is 0 Å². The monoisotopic (exact) mass is 469 g/mol. The molecule has 0 spiro atoms. The molecule has 1 fully saturated rings. The van der Waals surface area contributed by atoms with Crippen molar-refractivity contribution in [2.45, 2.75) is 19.8 Å². The van der Waals surface area contributed by atoms with Gasteiger partial charge >= 0.3 is 0 Å². The van der Waals surface area contributed by atoms with Crippen LogP contribution in [0.15, 0.2) is 36.4 Å². The van der Waals surface area contributed by atoms with Crippen LogP contribution < -0.4 is 19.5 Å². The predicted molar refractivity (Wildman–Crippen MR) is 130 cm³/mol. The number of hydrogen-bond acceptors (Lipinski definition) is 6. The van der Waals surface area contributed by atoms with Crippen molar-refractivity contribution in [3.05, 3.63) is 47.1 Å². The SMILES string of the molecule is COc1ccc(Nc2cc(C(=O)N3CCC(C)CC3)nc3cc(OC)c(OC)cc23)cc1Cl. The van der Waals surface area contributed by atoms with E-state index in [9.17, 15) is 4.79 Å². The molecule has 8 heteroatoms. The van der Waals surface area contributed by atoms with Gasteiger partial charge in [0.2, 0.25) is 0 Å². The number of aromatic nitrogens is 1. The van der Waals surface area contributed by atoms with E-state index in [1.54, 1.807) is 45.6 Å². The van der Waals surface area contributed by atoms with Crippen LogP contribution >= 0.6 is 11.6 Å². The Morgan fingerprint density at radius 2 is 1.67 bits per heavy atom. The number of nitrogens with one attached hydrogen (secondary N) is 1. The molecule has 33 heavy (non-hydrogen) atoms. The molecular weight excluding hydrogens is 442 g/mol. The number of nitrogens with zero attached hydrogens (tertiary/aromatic N) is 2. The van der Waals surface area contributed by atoms with Gasteiger partial charge in [-0.1, -0.05) is 18.5 Å². The van der Waals surface area contributed by atoms with Crippen LogP contribution in [0.4, 0.5) is 11.4 Å². The maximum absolute atomic E-state index is 13.3. The summed E-state index contributed by atoms with van der Waals surface area (Å²) in [4.78, 5) is 19.9. The third kappa shape index (κ3) is 4.78. The van der Waals surface area contributed by atoms with E-state index < -0.39 is 0 Å². The number of carbonyl (C=O) groups is 1. The van der Waals surface area contributed by atoms with Crippen LogP contribution in [0.5, 0.6) is 17.2 Å². The third-order valence-corrected chi connectivity index (χ3v) is 6.33. The first kappa shape index (κ1) is 23.0. The first-order valence-electron chi connectivity index (χ1n) is 10.9. The molecule has 0 atom stereocenters. The molecule has 7 nitrogen and oxygen atoms in total. The summed E-state index contributed by atoms with van der Waals surface area (Å²) in [5.41, 5.74) is 2.49. The Kier molecular flexibility index (Phi) is 6.79. The number of anilines is 2. The van der Waals surface area contributed by atoms with Gasteiger partial charge in [0.25, 0.3) is 5.91 Å². The van der Waals surface area contributed by atoms with Gasteiger partial charge in [-0.05, 0) is 49.1 Å². The Hall–Kier alpha value is -3.19. The van der Waals surface area contributed by atoms with Crippen molar-refractivity contribution in [1.82, 2.24) is 9.88 Å². The molecule has 2 heterocycles. The Morgan fingerprint density at radius 3 is 2.30 bits per heavy atom. The van der Waals surface area contributed by atoms with Crippen LogP contribution in [-0.4, -0.2) is 50.2 Å². The van der Waals surface area contributed by atoms with E-state index in [-0.39, 0.29) is 5.91 Å². The smallest absolute Gasteiger partial charge is 0.272 e. The van der Waals surface area contributed by atoms with E-state index in [4.69, 9.17) is 25.8 Å². The molecule has 1 saturated heterocycles. The topological polar surface area (TPSA) is 72.9 Å². The molecule has 0 saturated carbocycles. The highest BCUT2D eigenvalue weighted by molar-refractivity contribution is 6.32. The zero-order valence-electron chi connectivity index (χ0n) is 19.3. The van der Waals surface area contributed by atoms with E-state index in [1.165, 1.54) is 0 Å². The first-order chi connectivity index (χ1) is 15.9. The van der Waals surface area contributed by atoms with Gasteiger partial charge in [0.15, 0.2) is 11.5 Å². The van der Waals surface area contributed by atoms with Crippen LogP contribution in [0.25, 0.3) is 10.9 Å². The van der Waals surface area contributed by atoms with E-state index in [0.29, 0.717) is 39.4 Å². The van der Waals surface area contributed by atoms with Crippen LogP contribution in [0.3, 0.4) is 0 Å². The van der Waals surface area contributed by atoms with Crippen LogP contribution in [0.1, 0.15) is 30.3 Å². The number of hydrogen-bond donors (Lipinski definition) is 1. The molecule has 0 radical (unpaired) electrons. The van der Waals surface area contributed by atoms with Gasteiger partial charge < -0.3 is 24.4 Å². The number of likely N-dealkylation sites (tertiary alicyclic amines) is 1. The zero-order chi connectivity index (χ0) is 23.5. The molecular formula is C25H28ClN3O4. The quantitative estimate of drug-likeness (QED) is 0.511. The lowest BCUT2D eigenvalue weighted by Gasteiger charge is -2.30. The molecule has 3 aromatic rings. The fourth-order valence-electron chi connectivity index (χ4n) is 4.04. The number of piperidine rings is 1. The highest BCUT2D eigenvalue weighted by Gasteiger charge is 2.24. The Morgan fingerprint density at radius 1 is 1.00 bits per heavy atom. The number of ether oxygens (including phenoxy) is 3. The first-order valence-corrected chi connectivity index (χ1v) is 11.3. The van der Waals surface area contributed by atoms with Gasteiger partial charge in [0, 0.05) is 30.2 Å². The fourth-order valence-corrected chi connectivity index (χ4v) is 4.30. The average molecular weight is 470 g/mol. The fraction of sp³-hybridized carbons (Fsp3) is 0.360. The van der Waals surface area contributed by atoms with Gasteiger partial charge in [0.05, 0.1) is 37.6 Å². The Labute approximate surface area is 198 Å². The lowest BCUT2D eigenvalue weighted by molar-refractivity contribution is 0.0691. The van der Waals surface area contributed by atoms with Crippen molar-refractivity contribution < 1.29 is 19.0 Å². The minimum atomic E-state index is -0.0746.